The number of pyridine rings is 1. The SMILES string of the molecule is CCCCN(C)C(=O)c1cccc(C(=O)N2CCN(C(=O)c3ccco3)CC2)n1. The van der Waals surface area contributed by atoms with Crippen molar-refractivity contribution in [1.82, 2.24) is 19.7 Å². The normalized spacial score (nSPS) is 14.0. The van der Waals surface area contributed by atoms with E-state index in [0.29, 0.717) is 38.5 Å². The van der Waals surface area contributed by atoms with Gasteiger partial charge in [-0.05, 0) is 30.7 Å². The first-order valence-electron chi connectivity index (χ1n) is 9.86. The third kappa shape index (κ3) is 4.82. The largest absolute Gasteiger partial charge is 0.459 e. The van der Waals surface area contributed by atoms with Crippen LogP contribution in [0.1, 0.15) is 51.3 Å². The standard InChI is InChI=1S/C21H26N4O4/c1-3-4-10-23(2)19(26)16-7-5-8-17(22-16)20(27)24-11-13-25(14-12-24)21(28)18-9-6-15-29-18/h5-9,15H,3-4,10-14H2,1-2H3. The molecule has 0 unspecified atom stereocenters. The molecule has 0 radical (unpaired) electrons. The molecule has 1 fully saturated rings. The van der Waals surface area contributed by atoms with E-state index in [4.69, 9.17) is 4.42 Å². The lowest BCUT2D eigenvalue weighted by Gasteiger charge is -2.34. The van der Waals surface area contributed by atoms with Crippen LogP contribution < -0.4 is 0 Å². The van der Waals surface area contributed by atoms with Crippen molar-refractivity contribution < 1.29 is 18.8 Å². The van der Waals surface area contributed by atoms with E-state index in [2.05, 4.69) is 11.9 Å². The number of carbonyl (C=O) groups is 3. The molecule has 2 aromatic rings. The average Bonchev–Trinajstić information content (AvgIpc) is 3.31. The highest BCUT2D eigenvalue weighted by Crippen LogP contribution is 2.12. The lowest BCUT2D eigenvalue weighted by Crippen LogP contribution is -2.50. The second kappa shape index (κ2) is 9.36. The minimum Gasteiger partial charge on any atom is -0.459 e. The fourth-order valence-corrected chi connectivity index (χ4v) is 3.20. The van der Waals surface area contributed by atoms with Crippen LogP contribution in [0.5, 0.6) is 0 Å². The van der Waals surface area contributed by atoms with E-state index in [-0.39, 0.29) is 29.1 Å². The van der Waals surface area contributed by atoms with Crippen LogP contribution >= 0.6 is 0 Å². The summed E-state index contributed by atoms with van der Waals surface area (Å²) in [7, 11) is 1.74. The fraction of sp³-hybridized carbons (Fsp3) is 0.429. The number of rotatable bonds is 6. The van der Waals surface area contributed by atoms with E-state index in [1.54, 1.807) is 52.1 Å². The van der Waals surface area contributed by atoms with Crippen molar-refractivity contribution in [2.45, 2.75) is 19.8 Å². The van der Waals surface area contributed by atoms with Gasteiger partial charge < -0.3 is 19.1 Å². The number of hydrogen-bond donors (Lipinski definition) is 0. The van der Waals surface area contributed by atoms with Crippen LogP contribution in [0.2, 0.25) is 0 Å². The molecule has 29 heavy (non-hydrogen) atoms. The van der Waals surface area contributed by atoms with Crippen molar-refractivity contribution in [3.05, 3.63) is 53.7 Å². The summed E-state index contributed by atoms with van der Waals surface area (Å²) in [5.41, 5.74) is 0.506. The number of carbonyl (C=O) groups excluding carboxylic acids is 3. The van der Waals surface area contributed by atoms with Gasteiger partial charge in [0.1, 0.15) is 11.4 Å². The van der Waals surface area contributed by atoms with Crippen LogP contribution in [0.15, 0.2) is 41.0 Å². The number of piperazine rings is 1. The van der Waals surface area contributed by atoms with Crippen LogP contribution in [-0.4, -0.2) is 77.2 Å². The maximum Gasteiger partial charge on any atom is 0.289 e. The van der Waals surface area contributed by atoms with E-state index in [0.717, 1.165) is 12.8 Å². The minimum atomic E-state index is -0.235. The smallest absolute Gasteiger partial charge is 0.289 e. The van der Waals surface area contributed by atoms with E-state index < -0.39 is 0 Å². The highest BCUT2D eigenvalue weighted by atomic mass is 16.3. The molecule has 8 nitrogen and oxygen atoms in total. The molecular formula is C21H26N4O4. The summed E-state index contributed by atoms with van der Waals surface area (Å²) in [6, 6.07) is 8.22. The van der Waals surface area contributed by atoms with Gasteiger partial charge in [0.15, 0.2) is 5.76 Å². The Bertz CT molecular complexity index is 857. The third-order valence-corrected chi connectivity index (χ3v) is 4.97. The quantitative estimate of drug-likeness (QED) is 0.744. The van der Waals surface area contributed by atoms with Crippen molar-refractivity contribution in [2.24, 2.45) is 0 Å². The van der Waals surface area contributed by atoms with Gasteiger partial charge in [-0.2, -0.15) is 0 Å². The summed E-state index contributed by atoms with van der Waals surface area (Å²) < 4.78 is 5.15. The van der Waals surface area contributed by atoms with Gasteiger partial charge in [-0.25, -0.2) is 4.98 Å². The van der Waals surface area contributed by atoms with Crippen LogP contribution in [0.3, 0.4) is 0 Å². The Labute approximate surface area is 170 Å². The van der Waals surface area contributed by atoms with Gasteiger partial charge in [0.05, 0.1) is 6.26 Å². The summed E-state index contributed by atoms with van der Waals surface area (Å²) in [6.07, 6.45) is 3.38. The van der Waals surface area contributed by atoms with Gasteiger partial charge in [-0.1, -0.05) is 19.4 Å². The summed E-state index contributed by atoms with van der Waals surface area (Å²) >= 11 is 0. The molecule has 0 aromatic carbocycles. The van der Waals surface area contributed by atoms with Crippen LogP contribution in [0.25, 0.3) is 0 Å². The van der Waals surface area contributed by atoms with E-state index in [9.17, 15) is 14.4 Å². The molecule has 3 heterocycles. The van der Waals surface area contributed by atoms with Crippen molar-refractivity contribution in [3.63, 3.8) is 0 Å². The summed E-state index contributed by atoms with van der Waals surface area (Å²) in [6.45, 7) is 4.37. The Balaban J connectivity index is 1.61. The topological polar surface area (TPSA) is 87.0 Å². The number of amides is 3. The highest BCUT2D eigenvalue weighted by Gasteiger charge is 2.27. The molecule has 1 saturated heterocycles. The van der Waals surface area contributed by atoms with Gasteiger partial charge in [-0.3, -0.25) is 14.4 Å². The molecule has 1 aliphatic heterocycles. The number of hydrogen-bond acceptors (Lipinski definition) is 5. The van der Waals surface area contributed by atoms with Crippen molar-refractivity contribution in [3.8, 4) is 0 Å². The van der Waals surface area contributed by atoms with Crippen LogP contribution in [-0.2, 0) is 0 Å². The monoisotopic (exact) mass is 398 g/mol. The third-order valence-electron chi connectivity index (χ3n) is 4.97. The first-order chi connectivity index (χ1) is 14.0. The van der Waals surface area contributed by atoms with Crippen LogP contribution in [0.4, 0.5) is 0 Å². The van der Waals surface area contributed by atoms with Crippen molar-refractivity contribution >= 4 is 17.7 Å². The predicted molar refractivity (Wildman–Crippen MR) is 107 cm³/mol. The average molecular weight is 398 g/mol. The summed E-state index contributed by atoms with van der Waals surface area (Å²) in [5, 5.41) is 0. The molecule has 0 atom stereocenters. The number of aromatic nitrogens is 1. The Hall–Kier alpha value is -3.16. The number of unbranched alkanes of at least 4 members (excludes halogenated alkanes) is 1. The molecule has 3 rings (SSSR count). The zero-order valence-electron chi connectivity index (χ0n) is 16.8. The summed E-state index contributed by atoms with van der Waals surface area (Å²) in [5.74, 6) is -0.310. The molecule has 1 aliphatic rings. The lowest BCUT2D eigenvalue weighted by molar-refractivity contribution is 0.0515. The maximum absolute atomic E-state index is 12.8. The molecule has 0 spiro atoms. The molecule has 0 aliphatic carbocycles. The molecule has 0 saturated carbocycles. The fourth-order valence-electron chi connectivity index (χ4n) is 3.20. The Morgan fingerprint density at radius 3 is 2.28 bits per heavy atom. The Kier molecular flexibility index (Phi) is 6.64. The molecule has 154 valence electrons. The first-order valence-corrected chi connectivity index (χ1v) is 9.86. The molecule has 8 heteroatoms. The van der Waals surface area contributed by atoms with Crippen LogP contribution in [0, 0.1) is 0 Å². The Morgan fingerprint density at radius 1 is 1.00 bits per heavy atom. The van der Waals surface area contributed by atoms with E-state index in [1.165, 1.54) is 6.26 Å². The van der Waals surface area contributed by atoms with Gasteiger partial charge in [-0.15, -0.1) is 0 Å². The highest BCUT2D eigenvalue weighted by molar-refractivity contribution is 5.96. The first kappa shape index (κ1) is 20.6. The number of furan rings is 1. The molecule has 0 N–H and O–H groups in total. The van der Waals surface area contributed by atoms with Crippen molar-refractivity contribution in [1.29, 1.82) is 0 Å². The zero-order chi connectivity index (χ0) is 20.8. The molecule has 3 amide bonds. The molecule has 2 aromatic heterocycles. The van der Waals surface area contributed by atoms with Crippen molar-refractivity contribution in [2.75, 3.05) is 39.8 Å². The van der Waals surface area contributed by atoms with Gasteiger partial charge in [0.2, 0.25) is 0 Å². The van der Waals surface area contributed by atoms with Gasteiger partial charge in [0, 0.05) is 39.8 Å². The minimum absolute atomic E-state index is 0.178. The molecular weight excluding hydrogens is 372 g/mol. The lowest BCUT2D eigenvalue weighted by atomic mass is 10.2. The maximum atomic E-state index is 12.8. The Morgan fingerprint density at radius 2 is 1.66 bits per heavy atom. The van der Waals surface area contributed by atoms with E-state index in [1.807, 2.05) is 0 Å². The summed E-state index contributed by atoms with van der Waals surface area (Å²) in [4.78, 5) is 46.9. The predicted octanol–water partition coefficient (Wildman–Crippen LogP) is 2.14. The molecule has 0 bridgehead atoms. The zero-order valence-corrected chi connectivity index (χ0v) is 16.8. The van der Waals surface area contributed by atoms with Gasteiger partial charge in [0.25, 0.3) is 17.7 Å². The second-order valence-corrected chi connectivity index (χ2v) is 7.05. The second-order valence-electron chi connectivity index (χ2n) is 7.05. The number of nitrogens with zero attached hydrogens (tertiary/aromatic N) is 4. The van der Waals surface area contributed by atoms with E-state index >= 15 is 0 Å². The van der Waals surface area contributed by atoms with Gasteiger partial charge >= 0.3 is 0 Å².